The summed E-state index contributed by atoms with van der Waals surface area (Å²) in [6, 6.07) is -0.157. The van der Waals surface area contributed by atoms with Crippen LogP contribution in [0.5, 0.6) is 0 Å². The van der Waals surface area contributed by atoms with Crippen LogP contribution in [0.25, 0.3) is 0 Å². The standard InChI is InChI=1S/C28H45F4N5O2/c1-17(36-12-26(2,29)13-36)18-7-21-22(23(8-18)28(30,31)32)11-37(25(21)38)20-6-4-5-19(9-20)27(14-39-15-27)10-24-34-33-16-35(24)3/h17-24,33-34H,4-16H2,1-3H3/t17-,18?,19?,20?,21?,22?,23?,24?/m1/s1. The van der Waals surface area contributed by atoms with Crippen molar-refractivity contribution in [3.63, 3.8) is 0 Å². The van der Waals surface area contributed by atoms with Crippen molar-refractivity contribution in [2.24, 2.45) is 35.0 Å². The molecular weight excluding hydrogens is 514 g/mol. The molecule has 6 rings (SSSR count). The van der Waals surface area contributed by atoms with Crippen molar-refractivity contribution < 1.29 is 27.1 Å². The first-order valence-electron chi connectivity index (χ1n) is 14.9. The molecule has 2 saturated carbocycles. The van der Waals surface area contributed by atoms with Gasteiger partial charge in [0.1, 0.15) is 5.67 Å². The minimum Gasteiger partial charge on any atom is -0.380 e. The molecule has 4 heterocycles. The molecule has 6 fully saturated rings. The third kappa shape index (κ3) is 5.13. The first kappa shape index (κ1) is 28.1. The van der Waals surface area contributed by atoms with E-state index in [4.69, 9.17) is 4.74 Å². The Bertz CT molecular complexity index is 922. The van der Waals surface area contributed by atoms with E-state index in [-0.39, 0.29) is 61.5 Å². The molecule has 222 valence electrons. The molecule has 0 bridgehead atoms. The molecule has 0 aromatic heterocycles. The van der Waals surface area contributed by atoms with Gasteiger partial charge in [0.25, 0.3) is 0 Å². The zero-order chi connectivity index (χ0) is 27.7. The van der Waals surface area contributed by atoms with Gasteiger partial charge in [-0.15, -0.1) is 0 Å². The summed E-state index contributed by atoms with van der Waals surface area (Å²) in [4.78, 5) is 19.9. The predicted molar refractivity (Wildman–Crippen MR) is 138 cm³/mol. The lowest BCUT2D eigenvalue weighted by molar-refractivity contribution is -0.207. The number of fused-ring (bicyclic) bond motifs is 1. The van der Waals surface area contributed by atoms with Crippen LogP contribution in [-0.4, -0.2) is 97.3 Å². The van der Waals surface area contributed by atoms with E-state index in [0.717, 1.165) is 38.8 Å². The quantitative estimate of drug-likeness (QED) is 0.487. The van der Waals surface area contributed by atoms with Crippen LogP contribution in [0, 0.1) is 35.0 Å². The van der Waals surface area contributed by atoms with Gasteiger partial charge in [0, 0.05) is 43.1 Å². The van der Waals surface area contributed by atoms with E-state index in [1.54, 1.807) is 6.92 Å². The number of alkyl halides is 4. The normalized spacial score (nSPS) is 41.7. The van der Waals surface area contributed by atoms with Crippen molar-refractivity contribution in [1.29, 1.82) is 0 Å². The van der Waals surface area contributed by atoms with Crippen LogP contribution in [0.1, 0.15) is 58.8 Å². The molecule has 0 aromatic carbocycles. The van der Waals surface area contributed by atoms with Gasteiger partial charge in [-0.1, -0.05) is 6.42 Å². The summed E-state index contributed by atoms with van der Waals surface area (Å²) in [5, 5.41) is 0. The predicted octanol–water partition coefficient (Wildman–Crippen LogP) is 3.37. The molecule has 6 aliphatic rings. The Morgan fingerprint density at radius 3 is 2.49 bits per heavy atom. The Hall–Kier alpha value is -1.01. The molecule has 4 aliphatic heterocycles. The van der Waals surface area contributed by atoms with E-state index in [1.165, 1.54) is 0 Å². The molecule has 8 atom stereocenters. The largest absolute Gasteiger partial charge is 0.392 e. The van der Waals surface area contributed by atoms with E-state index in [1.807, 2.05) is 16.7 Å². The third-order valence-corrected chi connectivity index (χ3v) is 11.4. The van der Waals surface area contributed by atoms with Gasteiger partial charge in [0.05, 0.1) is 32.0 Å². The van der Waals surface area contributed by atoms with Crippen LogP contribution in [-0.2, 0) is 9.53 Å². The van der Waals surface area contributed by atoms with Crippen LogP contribution < -0.4 is 10.9 Å². The molecule has 11 heteroatoms. The Morgan fingerprint density at radius 1 is 1.15 bits per heavy atom. The highest BCUT2D eigenvalue weighted by atomic mass is 19.4. The maximum atomic E-state index is 14.4. The number of hydrazine groups is 1. The second kappa shape index (κ2) is 10.1. The summed E-state index contributed by atoms with van der Waals surface area (Å²) in [5.41, 5.74) is 5.33. The number of halogens is 4. The van der Waals surface area contributed by atoms with Gasteiger partial charge < -0.3 is 9.64 Å². The lowest BCUT2D eigenvalue weighted by Gasteiger charge is -2.52. The van der Waals surface area contributed by atoms with E-state index >= 15 is 0 Å². The number of nitrogens with one attached hydrogen (secondary N) is 2. The fraction of sp³-hybridized carbons (Fsp3) is 0.964. The van der Waals surface area contributed by atoms with E-state index in [2.05, 4.69) is 22.8 Å². The number of likely N-dealkylation sites (tertiary alicyclic amines) is 2. The minimum absolute atomic E-state index is 0.000832. The van der Waals surface area contributed by atoms with Crippen molar-refractivity contribution in [2.75, 3.05) is 46.6 Å². The fourth-order valence-corrected chi connectivity index (χ4v) is 8.92. The van der Waals surface area contributed by atoms with Gasteiger partial charge in [0.2, 0.25) is 5.91 Å². The summed E-state index contributed by atoms with van der Waals surface area (Å²) in [6.07, 6.45) is 1.13. The average molecular weight is 560 g/mol. The van der Waals surface area contributed by atoms with E-state index in [0.29, 0.717) is 25.6 Å². The molecule has 39 heavy (non-hydrogen) atoms. The van der Waals surface area contributed by atoms with Gasteiger partial charge in [0.15, 0.2) is 0 Å². The van der Waals surface area contributed by atoms with Crippen molar-refractivity contribution in [3.05, 3.63) is 0 Å². The maximum absolute atomic E-state index is 14.4. The Labute approximate surface area is 229 Å². The van der Waals surface area contributed by atoms with Gasteiger partial charge in [-0.2, -0.15) is 13.2 Å². The zero-order valence-electron chi connectivity index (χ0n) is 23.5. The molecule has 2 aliphatic carbocycles. The van der Waals surface area contributed by atoms with Crippen molar-refractivity contribution in [3.8, 4) is 0 Å². The fourth-order valence-electron chi connectivity index (χ4n) is 8.92. The molecule has 7 unspecified atom stereocenters. The number of hydrogen-bond acceptors (Lipinski definition) is 6. The molecule has 4 saturated heterocycles. The summed E-state index contributed by atoms with van der Waals surface area (Å²) in [6.45, 7) is 6.39. The first-order chi connectivity index (χ1) is 18.4. The van der Waals surface area contributed by atoms with Gasteiger partial charge >= 0.3 is 6.18 Å². The monoisotopic (exact) mass is 559 g/mol. The van der Waals surface area contributed by atoms with Crippen molar-refractivity contribution in [2.45, 2.75) is 88.9 Å². The van der Waals surface area contributed by atoms with Gasteiger partial charge in [-0.25, -0.2) is 15.2 Å². The van der Waals surface area contributed by atoms with Crippen LogP contribution >= 0.6 is 0 Å². The molecule has 1 amide bonds. The highest BCUT2D eigenvalue weighted by Gasteiger charge is 2.59. The van der Waals surface area contributed by atoms with Crippen molar-refractivity contribution in [1.82, 2.24) is 25.6 Å². The molecule has 0 spiro atoms. The second-order valence-corrected chi connectivity index (χ2v) is 14.0. The first-order valence-corrected chi connectivity index (χ1v) is 14.9. The second-order valence-electron chi connectivity index (χ2n) is 14.0. The number of carbonyl (C=O) groups excluding carboxylic acids is 1. The maximum Gasteiger partial charge on any atom is 0.392 e. The third-order valence-electron chi connectivity index (χ3n) is 11.4. The summed E-state index contributed by atoms with van der Waals surface area (Å²) in [5.74, 6) is -2.66. The summed E-state index contributed by atoms with van der Waals surface area (Å²) < 4.78 is 63.1. The number of ether oxygens (including phenoxy) is 1. The summed E-state index contributed by atoms with van der Waals surface area (Å²) in [7, 11) is 2.09. The van der Waals surface area contributed by atoms with Crippen LogP contribution in [0.15, 0.2) is 0 Å². The number of nitrogens with zero attached hydrogens (tertiary/aromatic N) is 3. The van der Waals surface area contributed by atoms with Crippen LogP contribution in [0.3, 0.4) is 0 Å². The van der Waals surface area contributed by atoms with Crippen LogP contribution in [0.4, 0.5) is 17.6 Å². The van der Waals surface area contributed by atoms with E-state index < -0.39 is 29.6 Å². The molecule has 0 aromatic rings. The lowest BCUT2D eigenvalue weighted by Crippen LogP contribution is -2.62. The molecular formula is C28H45F4N5O2. The molecule has 0 radical (unpaired) electrons. The Balaban J connectivity index is 1.16. The molecule has 7 nitrogen and oxygen atoms in total. The number of carbonyl (C=O) groups is 1. The number of amides is 1. The highest BCUT2D eigenvalue weighted by molar-refractivity contribution is 5.82. The minimum atomic E-state index is -4.34. The number of hydrogen-bond donors (Lipinski definition) is 2. The summed E-state index contributed by atoms with van der Waals surface area (Å²) >= 11 is 0. The topological polar surface area (TPSA) is 60.1 Å². The van der Waals surface area contributed by atoms with Gasteiger partial charge in [-0.3, -0.25) is 14.6 Å². The zero-order valence-corrected chi connectivity index (χ0v) is 23.5. The van der Waals surface area contributed by atoms with Gasteiger partial charge in [-0.05, 0) is 77.2 Å². The Kier molecular flexibility index (Phi) is 7.26. The average Bonchev–Trinajstić information content (AvgIpc) is 3.40. The number of rotatable bonds is 6. The SMILES string of the molecule is C[C@H](C1CC2C(=O)N(C3CCCC(C4(CC5NNCN5C)COC4)C3)CC2C(C(F)(F)F)C1)N1CC(C)(F)C1. The molecule has 2 N–H and O–H groups in total. The van der Waals surface area contributed by atoms with Crippen LogP contribution in [0.2, 0.25) is 0 Å². The highest BCUT2D eigenvalue weighted by Crippen LogP contribution is 2.54. The smallest absolute Gasteiger partial charge is 0.380 e. The van der Waals surface area contributed by atoms with Crippen molar-refractivity contribution >= 4 is 5.91 Å². The lowest BCUT2D eigenvalue weighted by atomic mass is 9.64. The van der Waals surface area contributed by atoms with E-state index in [9.17, 15) is 22.4 Å². The Morgan fingerprint density at radius 2 is 1.90 bits per heavy atom.